The highest BCUT2D eigenvalue weighted by atomic mass is 16.2. The summed E-state index contributed by atoms with van der Waals surface area (Å²) in [7, 11) is 0. The van der Waals surface area contributed by atoms with Gasteiger partial charge in [-0.1, -0.05) is 50.6 Å². The van der Waals surface area contributed by atoms with Crippen LogP contribution >= 0.6 is 0 Å². The predicted molar refractivity (Wildman–Crippen MR) is 86.9 cm³/mol. The second-order valence-corrected chi connectivity index (χ2v) is 6.32. The maximum Gasteiger partial charge on any atom is 0.229 e. The lowest BCUT2D eigenvalue weighted by molar-refractivity contribution is -0.123. The fourth-order valence-corrected chi connectivity index (χ4v) is 1.85. The summed E-state index contributed by atoms with van der Waals surface area (Å²) >= 11 is 0. The number of nitrogens with one attached hydrogen (secondary N) is 1. The van der Waals surface area contributed by atoms with E-state index in [4.69, 9.17) is 0 Å². The van der Waals surface area contributed by atoms with Gasteiger partial charge in [-0.2, -0.15) is 0 Å². The van der Waals surface area contributed by atoms with Gasteiger partial charge < -0.3 is 5.32 Å². The molecular weight excluding hydrogens is 276 g/mol. The fraction of sp³-hybridized carbons (Fsp3) is 0.278. The van der Waals surface area contributed by atoms with Crippen LogP contribution in [-0.4, -0.2) is 16.7 Å². The summed E-state index contributed by atoms with van der Waals surface area (Å²) in [6, 6.07) is 8.97. The third-order valence-electron chi connectivity index (χ3n) is 3.31. The minimum Gasteiger partial charge on any atom is -0.325 e. The SMILES string of the molecule is Cc1ccc(C(=O)c2cnccc2NC(=O)C(C)(C)C)cc1. The standard InChI is InChI=1S/C18H20N2O2/c1-12-5-7-13(8-6-12)16(21)14-11-19-10-9-15(14)20-17(22)18(2,3)4/h5-11H,1-4H3,(H,19,20,22). The van der Waals surface area contributed by atoms with E-state index in [1.807, 2.05) is 39.8 Å². The lowest BCUT2D eigenvalue weighted by Crippen LogP contribution is -2.28. The average Bonchev–Trinajstić information content (AvgIpc) is 2.47. The van der Waals surface area contributed by atoms with Crippen LogP contribution in [0.15, 0.2) is 42.7 Å². The van der Waals surface area contributed by atoms with Crippen molar-refractivity contribution in [2.24, 2.45) is 5.41 Å². The Bertz CT molecular complexity index is 698. The number of aryl methyl sites for hydroxylation is 1. The van der Waals surface area contributed by atoms with E-state index < -0.39 is 5.41 Å². The van der Waals surface area contributed by atoms with Crippen LogP contribution in [0.25, 0.3) is 0 Å². The minimum absolute atomic E-state index is 0.142. The van der Waals surface area contributed by atoms with Crippen LogP contribution < -0.4 is 5.32 Å². The number of rotatable bonds is 3. The minimum atomic E-state index is -0.534. The molecule has 1 N–H and O–H groups in total. The van der Waals surface area contributed by atoms with Crippen LogP contribution in [0.3, 0.4) is 0 Å². The highest BCUT2D eigenvalue weighted by Gasteiger charge is 2.23. The van der Waals surface area contributed by atoms with E-state index >= 15 is 0 Å². The molecule has 0 spiro atoms. The van der Waals surface area contributed by atoms with Gasteiger partial charge in [0.15, 0.2) is 5.78 Å². The number of ketones is 1. The lowest BCUT2D eigenvalue weighted by atomic mass is 9.95. The van der Waals surface area contributed by atoms with Crippen LogP contribution in [0.2, 0.25) is 0 Å². The van der Waals surface area contributed by atoms with Gasteiger partial charge in [0, 0.05) is 23.4 Å². The summed E-state index contributed by atoms with van der Waals surface area (Å²) in [5.74, 6) is -0.297. The van der Waals surface area contributed by atoms with Gasteiger partial charge in [-0.05, 0) is 13.0 Å². The van der Waals surface area contributed by atoms with Crippen molar-refractivity contribution in [2.45, 2.75) is 27.7 Å². The van der Waals surface area contributed by atoms with Crippen LogP contribution in [-0.2, 0) is 4.79 Å². The fourth-order valence-electron chi connectivity index (χ4n) is 1.85. The Kier molecular flexibility index (Phi) is 4.40. The topological polar surface area (TPSA) is 59.1 Å². The molecule has 0 aliphatic rings. The number of pyridine rings is 1. The molecule has 22 heavy (non-hydrogen) atoms. The molecule has 1 aromatic heterocycles. The molecule has 4 nitrogen and oxygen atoms in total. The van der Waals surface area contributed by atoms with Crippen LogP contribution in [0.5, 0.6) is 0 Å². The van der Waals surface area contributed by atoms with Crippen LogP contribution in [0.4, 0.5) is 5.69 Å². The molecule has 0 aliphatic carbocycles. The van der Waals surface area contributed by atoms with Gasteiger partial charge in [0.2, 0.25) is 5.91 Å². The van der Waals surface area contributed by atoms with Crippen molar-refractivity contribution < 1.29 is 9.59 Å². The Morgan fingerprint density at radius 2 is 1.68 bits per heavy atom. The third kappa shape index (κ3) is 3.58. The van der Waals surface area contributed by atoms with Crippen LogP contribution in [0, 0.1) is 12.3 Å². The zero-order chi connectivity index (χ0) is 16.3. The van der Waals surface area contributed by atoms with Gasteiger partial charge in [-0.15, -0.1) is 0 Å². The molecular formula is C18H20N2O2. The molecule has 114 valence electrons. The molecule has 0 bridgehead atoms. The van der Waals surface area contributed by atoms with E-state index in [1.54, 1.807) is 24.4 Å². The summed E-state index contributed by atoms with van der Waals surface area (Å²) in [4.78, 5) is 28.8. The zero-order valence-corrected chi connectivity index (χ0v) is 13.3. The molecule has 0 unspecified atom stereocenters. The van der Waals surface area contributed by atoms with Crippen molar-refractivity contribution in [3.8, 4) is 0 Å². The molecule has 1 amide bonds. The molecule has 4 heteroatoms. The molecule has 0 saturated heterocycles. The Labute approximate surface area is 130 Å². The normalized spacial score (nSPS) is 11.1. The quantitative estimate of drug-likeness (QED) is 0.880. The maximum absolute atomic E-state index is 12.6. The van der Waals surface area contributed by atoms with Gasteiger partial charge in [0.1, 0.15) is 0 Å². The smallest absolute Gasteiger partial charge is 0.229 e. The second kappa shape index (κ2) is 6.10. The van der Waals surface area contributed by atoms with Crippen molar-refractivity contribution >= 4 is 17.4 Å². The summed E-state index contributed by atoms with van der Waals surface area (Å²) in [5, 5.41) is 2.81. The second-order valence-electron chi connectivity index (χ2n) is 6.32. The maximum atomic E-state index is 12.6. The number of hydrogen-bond donors (Lipinski definition) is 1. The van der Waals surface area contributed by atoms with E-state index in [1.165, 1.54) is 6.20 Å². The Morgan fingerprint density at radius 3 is 2.27 bits per heavy atom. The summed E-state index contributed by atoms with van der Waals surface area (Å²) in [6.45, 7) is 7.44. The van der Waals surface area contributed by atoms with Gasteiger partial charge in [-0.3, -0.25) is 14.6 Å². The van der Waals surface area contributed by atoms with Crippen molar-refractivity contribution in [3.05, 3.63) is 59.4 Å². The largest absolute Gasteiger partial charge is 0.325 e. The molecule has 0 atom stereocenters. The Balaban J connectivity index is 2.34. The Hall–Kier alpha value is -2.49. The van der Waals surface area contributed by atoms with Gasteiger partial charge >= 0.3 is 0 Å². The average molecular weight is 296 g/mol. The van der Waals surface area contributed by atoms with Gasteiger partial charge in [0.05, 0.1) is 11.3 Å². The molecule has 1 heterocycles. The summed E-state index contributed by atoms with van der Waals surface area (Å²) < 4.78 is 0. The van der Waals surface area contributed by atoms with Crippen molar-refractivity contribution in [1.29, 1.82) is 0 Å². The molecule has 0 radical (unpaired) electrons. The Morgan fingerprint density at radius 1 is 1.05 bits per heavy atom. The zero-order valence-electron chi connectivity index (χ0n) is 13.3. The molecule has 2 aromatic rings. The van der Waals surface area contributed by atoms with Crippen LogP contribution in [0.1, 0.15) is 42.3 Å². The van der Waals surface area contributed by atoms with E-state index in [0.717, 1.165) is 5.56 Å². The van der Waals surface area contributed by atoms with E-state index in [0.29, 0.717) is 16.8 Å². The van der Waals surface area contributed by atoms with Gasteiger partial charge in [-0.25, -0.2) is 0 Å². The number of nitrogens with zero attached hydrogens (tertiary/aromatic N) is 1. The first-order valence-corrected chi connectivity index (χ1v) is 7.16. The first-order chi connectivity index (χ1) is 10.3. The van der Waals surface area contributed by atoms with Crippen molar-refractivity contribution in [1.82, 2.24) is 4.98 Å². The highest BCUT2D eigenvalue weighted by molar-refractivity contribution is 6.13. The first-order valence-electron chi connectivity index (χ1n) is 7.16. The van der Waals surface area contributed by atoms with E-state index in [9.17, 15) is 9.59 Å². The highest BCUT2D eigenvalue weighted by Crippen LogP contribution is 2.22. The molecule has 0 saturated carbocycles. The third-order valence-corrected chi connectivity index (χ3v) is 3.31. The molecule has 0 aliphatic heterocycles. The van der Waals surface area contributed by atoms with Gasteiger partial charge in [0.25, 0.3) is 0 Å². The summed E-state index contributed by atoms with van der Waals surface area (Å²) in [5.41, 5.74) is 2.01. The predicted octanol–water partition coefficient (Wildman–Crippen LogP) is 3.61. The number of benzene rings is 1. The molecule has 0 fully saturated rings. The number of aromatic nitrogens is 1. The number of carbonyl (C=O) groups is 2. The first kappa shape index (κ1) is 15.9. The van der Waals surface area contributed by atoms with Crippen molar-refractivity contribution in [3.63, 3.8) is 0 Å². The number of carbonyl (C=O) groups excluding carboxylic acids is 2. The van der Waals surface area contributed by atoms with E-state index in [2.05, 4.69) is 10.3 Å². The molecule has 1 aromatic carbocycles. The van der Waals surface area contributed by atoms with E-state index in [-0.39, 0.29) is 11.7 Å². The lowest BCUT2D eigenvalue weighted by Gasteiger charge is -2.19. The number of hydrogen-bond acceptors (Lipinski definition) is 3. The monoisotopic (exact) mass is 296 g/mol. The van der Waals surface area contributed by atoms with Crippen molar-refractivity contribution in [2.75, 3.05) is 5.32 Å². The summed E-state index contributed by atoms with van der Waals surface area (Å²) in [6.07, 6.45) is 3.05. The molecule has 2 rings (SSSR count). The number of anilines is 1. The number of amides is 1.